The summed E-state index contributed by atoms with van der Waals surface area (Å²) in [4.78, 5) is 12.1. The van der Waals surface area contributed by atoms with E-state index in [1.807, 2.05) is 0 Å². The van der Waals surface area contributed by atoms with Crippen molar-refractivity contribution in [2.75, 3.05) is 0 Å². The molecule has 1 saturated carbocycles. The van der Waals surface area contributed by atoms with Gasteiger partial charge in [0.05, 0.1) is 5.56 Å². The Morgan fingerprint density at radius 2 is 1.76 bits per heavy atom. The van der Waals surface area contributed by atoms with E-state index in [1.165, 1.54) is 49.6 Å². The molecule has 0 spiro atoms. The molecule has 132 valence electrons. The van der Waals surface area contributed by atoms with E-state index in [9.17, 15) is 13.6 Å². The quantitative estimate of drug-likeness (QED) is 0.512. The number of ether oxygens (including phenoxy) is 1. The van der Waals surface area contributed by atoms with Crippen molar-refractivity contribution in [1.29, 1.82) is 0 Å². The zero-order valence-electron chi connectivity index (χ0n) is 14.3. The van der Waals surface area contributed by atoms with E-state index < -0.39 is 17.6 Å². The van der Waals surface area contributed by atoms with Gasteiger partial charge in [-0.3, -0.25) is 0 Å². The molecule has 2 aromatic rings. The first-order valence-corrected chi connectivity index (χ1v) is 8.84. The van der Waals surface area contributed by atoms with Crippen molar-refractivity contribution < 1.29 is 18.3 Å². The molecule has 25 heavy (non-hydrogen) atoms. The summed E-state index contributed by atoms with van der Waals surface area (Å²) in [6, 6.07) is 10.2. The number of carbonyl (C=O) groups is 1. The standard InChI is InChI=1S/C21H22F2O2/c1-2-14-7-9-15(10-8-14)16-11-12-17(19(23)13-16)21(24)25-20-6-4-3-5-18(20)22/h3-6,11-15H,2,7-10H2,1H3. The van der Waals surface area contributed by atoms with Gasteiger partial charge in [0.25, 0.3) is 0 Å². The molecule has 0 N–H and O–H groups in total. The van der Waals surface area contributed by atoms with Crippen LogP contribution in [0.15, 0.2) is 42.5 Å². The van der Waals surface area contributed by atoms with Gasteiger partial charge in [0.2, 0.25) is 0 Å². The average molecular weight is 344 g/mol. The van der Waals surface area contributed by atoms with E-state index in [1.54, 1.807) is 12.1 Å². The Hall–Kier alpha value is -2.23. The van der Waals surface area contributed by atoms with Crippen LogP contribution in [0.3, 0.4) is 0 Å². The van der Waals surface area contributed by atoms with Crippen LogP contribution >= 0.6 is 0 Å². The number of halogens is 2. The zero-order valence-corrected chi connectivity index (χ0v) is 14.3. The van der Waals surface area contributed by atoms with Crippen LogP contribution in [0.25, 0.3) is 0 Å². The number of rotatable bonds is 4. The van der Waals surface area contributed by atoms with Gasteiger partial charge in [-0.1, -0.05) is 31.5 Å². The molecular weight excluding hydrogens is 322 g/mol. The fourth-order valence-electron chi connectivity index (χ4n) is 3.54. The summed E-state index contributed by atoms with van der Waals surface area (Å²) in [7, 11) is 0. The van der Waals surface area contributed by atoms with E-state index >= 15 is 0 Å². The summed E-state index contributed by atoms with van der Waals surface area (Å²) in [5.74, 6) is -1.24. The smallest absolute Gasteiger partial charge is 0.346 e. The molecule has 1 fully saturated rings. The molecule has 3 rings (SSSR count). The molecule has 0 radical (unpaired) electrons. The molecule has 2 aromatic carbocycles. The van der Waals surface area contributed by atoms with Crippen molar-refractivity contribution >= 4 is 5.97 Å². The highest BCUT2D eigenvalue weighted by molar-refractivity contribution is 5.91. The normalized spacial score (nSPS) is 20.3. The van der Waals surface area contributed by atoms with Gasteiger partial charge in [-0.05, 0) is 67.3 Å². The second-order valence-electron chi connectivity index (χ2n) is 6.69. The topological polar surface area (TPSA) is 26.3 Å². The minimum absolute atomic E-state index is 0.172. The van der Waals surface area contributed by atoms with E-state index in [2.05, 4.69) is 6.92 Å². The van der Waals surface area contributed by atoms with Gasteiger partial charge in [0.15, 0.2) is 11.6 Å². The summed E-state index contributed by atoms with van der Waals surface area (Å²) in [6.07, 6.45) is 5.63. The lowest BCUT2D eigenvalue weighted by molar-refractivity contribution is 0.0723. The van der Waals surface area contributed by atoms with Gasteiger partial charge >= 0.3 is 5.97 Å². The highest BCUT2D eigenvalue weighted by Gasteiger charge is 2.23. The van der Waals surface area contributed by atoms with Crippen LogP contribution in [0, 0.1) is 17.6 Å². The minimum Gasteiger partial charge on any atom is -0.420 e. The molecule has 0 aliphatic heterocycles. The summed E-state index contributed by atoms with van der Waals surface area (Å²) in [6.45, 7) is 2.21. The SMILES string of the molecule is CCC1CCC(c2ccc(C(=O)Oc3ccccc3F)c(F)c2)CC1. The molecular formula is C21H22F2O2. The number of carbonyl (C=O) groups excluding carboxylic acids is 1. The average Bonchev–Trinajstić information content (AvgIpc) is 2.63. The predicted molar refractivity (Wildman–Crippen MR) is 92.7 cm³/mol. The van der Waals surface area contributed by atoms with Crippen molar-refractivity contribution in [3.8, 4) is 5.75 Å². The van der Waals surface area contributed by atoms with Crippen molar-refractivity contribution in [2.24, 2.45) is 5.92 Å². The fourth-order valence-corrected chi connectivity index (χ4v) is 3.54. The van der Waals surface area contributed by atoms with Gasteiger partial charge in [0, 0.05) is 0 Å². The molecule has 0 amide bonds. The van der Waals surface area contributed by atoms with E-state index in [0.29, 0.717) is 5.92 Å². The van der Waals surface area contributed by atoms with Crippen molar-refractivity contribution in [1.82, 2.24) is 0 Å². The van der Waals surface area contributed by atoms with Crippen molar-refractivity contribution in [3.63, 3.8) is 0 Å². The Morgan fingerprint density at radius 3 is 2.40 bits per heavy atom. The molecule has 0 saturated heterocycles. The van der Waals surface area contributed by atoms with Crippen LogP contribution in [0.4, 0.5) is 8.78 Å². The second-order valence-corrected chi connectivity index (χ2v) is 6.69. The van der Waals surface area contributed by atoms with Gasteiger partial charge in [-0.25, -0.2) is 13.6 Å². The number of hydrogen-bond acceptors (Lipinski definition) is 2. The monoisotopic (exact) mass is 344 g/mol. The first kappa shape index (κ1) is 17.6. The van der Waals surface area contributed by atoms with Gasteiger partial charge < -0.3 is 4.74 Å². The van der Waals surface area contributed by atoms with E-state index in [4.69, 9.17) is 4.74 Å². The summed E-state index contributed by atoms with van der Waals surface area (Å²) < 4.78 is 32.9. The summed E-state index contributed by atoms with van der Waals surface area (Å²) in [5.41, 5.74) is 0.753. The van der Waals surface area contributed by atoms with Crippen molar-refractivity contribution in [2.45, 2.75) is 44.9 Å². The Bertz CT molecular complexity index is 749. The van der Waals surface area contributed by atoms with Gasteiger partial charge in [0.1, 0.15) is 5.82 Å². The Morgan fingerprint density at radius 1 is 1.04 bits per heavy atom. The third-order valence-corrected chi connectivity index (χ3v) is 5.15. The lowest BCUT2D eigenvalue weighted by Crippen LogP contribution is -2.15. The Balaban J connectivity index is 1.71. The van der Waals surface area contributed by atoms with Crippen LogP contribution in [0.1, 0.15) is 60.9 Å². The highest BCUT2D eigenvalue weighted by Crippen LogP contribution is 2.37. The number of hydrogen-bond donors (Lipinski definition) is 0. The maximum atomic E-state index is 14.4. The van der Waals surface area contributed by atoms with Crippen LogP contribution in [0.5, 0.6) is 5.75 Å². The Labute approximate surface area is 146 Å². The first-order valence-electron chi connectivity index (χ1n) is 8.84. The minimum atomic E-state index is -0.885. The van der Waals surface area contributed by atoms with Crippen LogP contribution in [-0.2, 0) is 0 Å². The fraction of sp³-hybridized carbons (Fsp3) is 0.381. The summed E-state index contributed by atoms with van der Waals surface area (Å²) >= 11 is 0. The third kappa shape index (κ3) is 4.06. The maximum absolute atomic E-state index is 14.4. The molecule has 1 aliphatic carbocycles. The second kappa shape index (κ2) is 7.77. The molecule has 0 unspecified atom stereocenters. The largest absolute Gasteiger partial charge is 0.420 e. The highest BCUT2D eigenvalue weighted by atomic mass is 19.1. The first-order chi connectivity index (χ1) is 12.1. The maximum Gasteiger partial charge on any atom is 0.346 e. The van der Waals surface area contributed by atoms with Gasteiger partial charge in [-0.2, -0.15) is 0 Å². The van der Waals surface area contributed by atoms with E-state index in [-0.39, 0.29) is 11.3 Å². The molecule has 0 heterocycles. The predicted octanol–water partition coefficient (Wildman–Crippen LogP) is 5.87. The van der Waals surface area contributed by atoms with Crippen molar-refractivity contribution in [3.05, 3.63) is 65.2 Å². The van der Waals surface area contributed by atoms with Crippen LogP contribution < -0.4 is 4.74 Å². The van der Waals surface area contributed by atoms with Crippen LogP contribution in [-0.4, -0.2) is 5.97 Å². The van der Waals surface area contributed by atoms with Gasteiger partial charge in [-0.15, -0.1) is 0 Å². The zero-order chi connectivity index (χ0) is 17.8. The Kier molecular flexibility index (Phi) is 5.47. The lowest BCUT2D eigenvalue weighted by atomic mass is 9.78. The van der Waals surface area contributed by atoms with Crippen LogP contribution in [0.2, 0.25) is 0 Å². The number of para-hydroxylation sites is 1. The molecule has 0 atom stereocenters. The molecule has 4 heteroatoms. The molecule has 0 bridgehead atoms. The summed E-state index contributed by atoms with van der Waals surface area (Å²) in [5, 5.41) is 0. The molecule has 1 aliphatic rings. The van der Waals surface area contributed by atoms with E-state index in [0.717, 1.165) is 24.3 Å². The lowest BCUT2D eigenvalue weighted by Gasteiger charge is -2.28. The molecule has 0 aromatic heterocycles. The number of esters is 1. The molecule has 2 nitrogen and oxygen atoms in total. The third-order valence-electron chi connectivity index (χ3n) is 5.15. The number of benzene rings is 2.